The summed E-state index contributed by atoms with van der Waals surface area (Å²) in [7, 11) is 0. The zero-order valence-electron chi connectivity index (χ0n) is 17.1. The summed E-state index contributed by atoms with van der Waals surface area (Å²) in [6.45, 7) is 0. The lowest BCUT2D eigenvalue weighted by molar-refractivity contribution is 0.988. The Morgan fingerprint density at radius 3 is 1.70 bits per heavy atom. The van der Waals surface area contributed by atoms with Gasteiger partial charge < -0.3 is 0 Å². The fourth-order valence-electron chi connectivity index (χ4n) is 4.79. The van der Waals surface area contributed by atoms with Gasteiger partial charge >= 0.3 is 0 Å². The molecule has 0 fully saturated rings. The molecule has 7 rings (SSSR count). The van der Waals surface area contributed by atoms with E-state index < -0.39 is 0 Å². The Bertz CT molecular complexity index is 1630. The Morgan fingerprint density at radius 2 is 1.03 bits per heavy atom. The number of hydrogen-bond donors (Lipinski definition) is 0. The molecule has 33 heavy (non-hydrogen) atoms. The van der Waals surface area contributed by atoms with Crippen molar-refractivity contribution >= 4 is 43.6 Å². The molecule has 0 bridgehead atoms. The Hall–Kier alpha value is -4.51. The zero-order valence-corrected chi connectivity index (χ0v) is 17.1. The van der Waals surface area contributed by atoms with Crippen LogP contribution in [0.4, 0.5) is 0 Å². The topological polar surface area (TPSA) is 48.5 Å². The van der Waals surface area contributed by atoms with Gasteiger partial charge in [-0.2, -0.15) is 0 Å². The largest absolute Gasteiger partial charge is 0.294 e. The molecular formula is C28H21N5. The van der Waals surface area contributed by atoms with Crippen LogP contribution >= 0.6 is 0 Å². The third-order valence-corrected chi connectivity index (χ3v) is 6.10. The fraction of sp³-hybridized carbons (Fsp3) is 0.0357. The molecule has 0 atom stereocenters. The fourth-order valence-corrected chi connectivity index (χ4v) is 4.79. The van der Waals surface area contributed by atoms with Crippen molar-refractivity contribution in [2.75, 3.05) is 0 Å². The minimum absolute atomic E-state index is 0. The molecule has 0 unspecified atom stereocenters. The van der Waals surface area contributed by atoms with Crippen molar-refractivity contribution in [2.24, 2.45) is 0 Å². The summed E-state index contributed by atoms with van der Waals surface area (Å²) in [6, 6.07) is 29.3. The highest BCUT2D eigenvalue weighted by molar-refractivity contribution is 6.19. The van der Waals surface area contributed by atoms with Crippen LogP contribution in [0.25, 0.3) is 55.4 Å². The van der Waals surface area contributed by atoms with Gasteiger partial charge in [0.15, 0.2) is 0 Å². The highest BCUT2D eigenvalue weighted by Gasteiger charge is 2.18. The van der Waals surface area contributed by atoms with Crippen LogP contribution in [0.5, 0.6) is 0 Å². The number of hydrogen-bond acceptors (Lipinski definition) is 3. The SMILES string of the molecule is C.c1ccc(-n2c3ccccc3c3cc4c5ccccc5n(-c5ncccn5)c4cc32)nc1. The monoisotopic (exact) mass is 427 g/mol. The molecule has 0 aliphatic carbocycles. The van der Waals surface area contributed by atoms with E-state index in [9.17, 15) is 0 Å². The first-order valence-electron chi connectivity index (χ1n) is 10.6. The minimum atomic E-state index is 0. The van der Waals surface area contributed by atoms with Crippen LogP contribution in [0.15, 0.2) is 104 Å². The van der Waals surface area contributed by atoms with Crippen LogP contribution in [-0.2, 0) is 0 Å². The molecule has 0 amide bonds. The van der Waals surface area contributed by atoms with Crippen molar-refractivity contribution in [1.29, 1.82) is 0 Å². The summed E-state index contributed by atoms with van der Waals surface area (Å²) < 4.78 is 4.38. The molecule has 3 aromatic carbocycles. The average Bonchev–Trinajstić information content (AvgIpc) is 3.36. The molecule has 0 saturated heterocycles. The molecule has 4 aromatic heterocycles. The summed E-state index contributed by atoms with van der Waals surface area (Å²) >= 11 is 0. The van der Waals surface area contributed by atoms with Gasteiger partial charge in [-0.25, -0.2) is 15.0 Å². The van der Waals surface area contributed by atoms with E-state index in [1.165, 1.54) is 21.5 Å². The molecule has 0 radical (unpaired) electrons. The second-order valence-electron chi connectivity index (χ2n) is 7.83. The number of para-hydroxylation sites is 2. The van der Waals surface area contributed by atoms with E-state index in [0.717, 1.165) is 27.9 Å². The van der Waals surface area contributed by atoms with Gasteiger partial charge in [0, 0.05) is 40.1 Å². The van der Waals surface area contributed by atoms with Gasteiger partial charge in [0.05, 0.1) is 22.1 Å². The van der Waals surface area contributed by atoms with Gasteiger partial charge in [-0.05, 0) is 42.5 Å². The van der Waals surface area contributed by atoms with Gasteiger partial charge in [-0.3, -0.25) is 9.13 Å². The van der Waals surface area contributed by atoms with Crippen molar-refractivity contribution < 1.29 is 0 Å². The third kappa shape index (κ3) is 2.69. The number of benzene rings is 3. The molecule has 158 valence electrons. The lowest BCUT2D eigenvalue weighted by Gasteiger charge is -2.08. The predicted octanol–water partition coefficient (Wildman–Crippen LogP) is 6.70. The summed E-state index contributed by atoms with van der Waals surface area (Å²) in [5.41, 5.74) is 4.41. The van der Waals surface area contributed by atoms with Crippen LogP contribution in [0.3, 0.4) is 0 Å². The lowest BCUT2D eigenvalue weighted by Crippen LogP contribution is -2.00. The van der Waals surface area contributed by atoms with Crippen LogP contribution in [0.2, 0.25) is 0 Å². The minimum Gasteiger partial charge on any atom is -0.294 e. The van der Waals surface area contributed by atoms with Crippen LogP contribution in [-0.4, -0.2) is 24.1 Å². The standard InChI is InChI=1S/C27H17N5.CH4/c1-3-10-22-18(8-1)20-16-21-19-9-2-4-11-23(19)32(27-29-14-7-15-30-27)25(21)17-24(20)31(22)26-12-5-6-13-28-26;/h1-17H;1H4. The van der Waals surface area contributed by atoms with E-state index in [-0.39, 0.29) is 7.43 Å². The summed E-state index contributed by atoms with van der Waals surface area (Å²) in [5, 5.41) is 4.79. The number of aromatic nitrogens is 5. The van der Waals surface area contributed by atoms with E-state index in [1.807, 2.05) is 30.5 Å². The van der Waals surface area contributed by atoms with E-state index >= 15 is 0 Å². The van der Waals surface area contributed by atoms with Crippen LogP contribution in [0.1, 0.15) is 7.43 Å². The van der Waals surface area contributed by atoms with Gasteiger partial charge in [-0.15, -0.1) is 0 Å². The molecule has 0 aliphatic rings. The van der Waals surface area contributed by atoms with Gasteiger partial charge in [0.2, 0.25) is 5.95 Å². The Kier molecular flexibility index (Phi) is 4.23. The van der Waals surface area contributed by atoms with E-state index in [0.29, 0.717) is 5.95 Å². The highest BCUT2D eigenvalue weighted by Crippen LogP contribution is 2.38. The van der Waals surface area contributed by atoms with Crippen molar-refractivity contribution in [3.8, 4) is 11.8 Å². The first-order chi connectivity index (χ1) is 15.9. The smallest absolute Gasteiger partial charge is 0.234 e. The molecule has 5 nitrogen and oxygen atoms in total. The maximum Gasteiger partial charge on any atom is 0.234 e. The van der Waals surface area contributed by atoms with Crippen LogP contribution < -0.4 is 0 Å². The van der Waals surface area contributed by atoms with Gasteiger partial charge in [0.1, 0.15) is 5.82 Å². The molecule has 0 N–H and O–H groups in total. The molecular weight excluding hydrogens is 406 g/mol. The molecule has 7 aromatic rings. The van der Waals surface area contributed by atoms with Crippen molar-refractivity contribution in [3.63, 3.8) is 0 Å². The molecule has 0 spiro atoms. The summed E-state index contributed by atoms with van der Waals surface area (Å²) in [4.78, 5) is 13.8. The maximum atomic E-state index is 4.66. The molecule has 0 aliphatic heterocycles. The van der Waals surface area contributed by atoms with Crippen LogP contribution in [0, 0.1) is 0 Å². The van der Waals surface area contributed by atoms with Crippen molar-refractivity contribution in [2.45, 2.75) is 7.43 Å². The number of rotatable bonds is 2. The first-order valence-corrected chi connectivity index (χ1v) is 10.6. The van der Waals surface area contributed by atoms with E-state index in [2.05, 4.69) is 84.7 Å². The van der Waals surface area contributed by atoms with E-state index in [1.54, 1.807) is 12.4 Å². The zero-order chi connectivity index (χ0) is 21.1. The van der Waals surface area contributed by atoms with Gasteiger partial charge in [0.25, 0.3) is 0 Å². The Labute approximate surface area is 190 Å². The number of nitrogens with zero attached hydrogens (tertiary/aromatic N) is 5. The number of pyridine rings is 1. The maximum absolute atomic E-state index is 4.66. The normalized spacial score (nSPS) is 11.4. The molecule has 0 saturated carbocycles. The lowest BCUT2D eigenvalue weighted by atomic mass is 10.1. The predicted molar refractivity (Wildman–Crippen MR) is 135 cm³/mol. The van der Waals surface area contributed by atoms with E-state index in [4.69, 9.17) is 0 Å². The Morgan fingerprint density at radius 1 is 0.455 bits per heavy atom. The second kappa shape index (κ2) is 7.28. The Balaban J connectivity index is 0.00000206. The van der Waals surface area contributed by atoms with Gasteiger partial charge in [-0.1, -0.05) is 49.9 Å². The average molecular weight is 428 g/mol. The number of fused-ring (bicyclic) bond motifs is 6. The summed E-state index contributed by atoms with van der Waals surface area (Å²) in [5.74, 6) is 1.57. The van der Waals surface area contributed by atoms with Crippen molar-refractivity contribution in [1.82, 2.24) is 24.1 Å². The highest BCUT2D eigenvalue weighted by atomic mass is 15.1. The molecule has 5 heteroatoms. The van der Waals surface area contributed by atoms with Crippen molar-refractivity contribution in [3.05, 3.63) is 104 Å². The summed E-state index contributed by atoms with van der Waals surface area (Å²) in [6.07, 6.45) is 5.40. The third-order valence-electron chi connectivity index (χ3n) is 6.10. The molecule has 4 heterocycles. The first kappa shape index (κ1) is 19.2. The second-order valence-corrected chi connectivity index (χ2v) is 7.83. The quantitative estimate of drug-likeness (QED) is 0.308.